The Balaban J connectivity index is 1.73. The summed E-state index contributed by atoms with van der Waals surface area (Å²) in [7, 11) is 0. The number of carbonyl (C=O) groups excluding carboxylic acids is 2. The molecule has 1 aliphatic heterocycles. The van der Waals surface area contributed by atoms with Gasteiger partial charge in [-0.3, -0.25) is 14.8 Å². The van der Waals surface area contributed by atoms with Gasteiger partial charge in [-0.15, -0.1) is 0 Å². The molecule has 2 heterocycles. The molecular formula is C19H19N3O3. The van der Waals surface area contributed by atoms with E-state index in [2.05, 4.69) is 9.88 Å². The SMILES string of the molecule is O=C(NO)c1ccc(Cn2c3c(c4c2CCNC4)C(=O)CC=C3)cc1. The van der Waals surface area contributed by atoms with Crippen molar-refractivity contribution in [3.8, 4) is 0 Å². The second-order valence-corrected chi connectivity index (χ2v) is 6.37. The summed E-state index contributed by atoms with van der Waals surface area (Å²) in [4.78, 5) is 23.9. The molecule has 6 nitrogen and oxygen atoms in total. The Bertz CT molecular complexity index is 878. The van der Waals surface area contributed by atoms with Crippen molar-refractivity contribution in [2.24, 2.45) is 0 Å². The van der Waals surface area contributed by atoms with E-state index in [4.69, 9.17) is 5.21 Å². The number of carbonyl (C=O) groups is 2. The molecule has 0 saturated heterocycles. The van der Waals surface area contributed by atoms with Gasteiger partial charge in [-0.25, -0.2) is 5.48 Å². The van der Waals surface area contributed by atoms with Gasteiger partial charge in [0.1, 0.15) is 0 Å². The number of ketones is 1. The predicted octanol–water partition coefficient (Wildman–Crippen LogP) is 1.90. The standard InChI is InChI=1S/C19H19N3O3/c23-17-3-1-2-16-18(17)14-10-20-9-8-15(14)22(16)11-12-4-6-13(7-5-12)19(24)21-25/h1-2,4-7,20,25H,3,8-11H2,(H,21,24). The van der Waals surface area contributed by atoms with Gasteiger partial charge >= 0.3 is 0 Å². The normalized spacial score (nSPS) is 15.6. The number of hydroxylamine groups is 1. The highest BCUT2D eigenvalue weighted by Crippen LogP contribution is 2.31. The topological polar surface area (TPSA) is 83.4 Å². The van der Waals surface area contributed by atoms with Crippen molar-refractivity contribution in [1.82, 2.24) is 15.4 Å². The fourth-order valence-electron chi connectivity index (χ4n) is 3.69. The zero-order valence-corrected chi connectivity index (χ0v) is 13.7. The van der Waals surface area contributed by atoms with E-state index < -0.39 is 5.91 Å². The number of allylic oxidation sites excluding steroid dienone is 1. The van der Waals surface area contributed by atoms with Gasteiger partial charge in [0, 0.05) is 49.3 Å². The smallest absolute Gasteiger partial charge is 0.274 e. The average Bonchev–Trinajstić information content (AvgIpc) is 2.97. The minimum Gasteiger partial charge on any atom is -0.340 e. The minimum absolute atomic E-state index is 0.186. The van der Waals surface area contributed by atoms with Gasteiger partial charge in [-0.05, 0) is 29.3 Å². The molecule has 0 atom stereocenters. The number of Topliss-reactive ketones (excluding diaryl/α,β-unsaturated/α-hetero) is 1. The number of hydrogen-bond donors (Lipinski definition) is 3. The Morgan fingerprint density at radius 2 is 2.08 bits per heavy atom. The fraction of sp³-hybridized carbons (Fsp3) is 0.263. The number of aromatic nitrogens is 1. The fourth-order valence-corrected chi connectivity index (χ4v) is 3.69. The molecule has 0 radical (unpaired) electrons. The van der Waals surface area contributed by atoms with E-state index in [0.29, 0.717) is 18.5 Å². The van der Waals surface area contributed by atoms with Crippen molar-refractivity contribution in [1.29, 1.82) is 0 Å². The monoisotopic (exact) mass is 337 g/mol. The van der Waals surface area contributed by atoms with E-state index in [1.165, 1.54) is 5.69 Å². The van der Waals surface area contributed by atoms with Crippen LogP contribution in [-0.2, 0) is 19.5 Å². The van der Waals surface area contributed by atoms with E-state index >= 15 is 0 Å². The summed E-state index contributed by atoms with van der Waals surface area (Å²) in [6.07, 6.45) is 5.33. The van der Waals surface area contributed by atoms with Gasteiger partial charge in [0.25, 0.3) is 5.91 Å². The van der Waals surface area contributed by atoms with Crippen molar-refractivity contribution in [3.63, 3.8) is 0 Å². The summed E-state index contributed by atoms with van der Waals surface area (Å²) in [5.74, 6) is -0.340. The lowest BCUT2D eigenvalue weighted by molar-refractivity contribution is 0.0706. The first-order chi connectivity index (χ1) is 12.2. The van der Waals surface area contributed by atoms with Crippen molar-refractivity contribution in [3.05, 3.63) is 64.0 Å². The Morgan fingerprint density at radius 1 is 1.28 bits per heavy atom. The Hall–Kier alpha value is -2.70. The molecule has 4 rings (SSSR count). The lowest BCUT2D eigenvalue weighted by Crippen LogP contribution is -2.25. The van der Waals surface area contributed by atoms with Crippen molar-refractivity contribution >= 4 is 17.8 Å². The molecule has 0 bridgehead atoms. The number of amides is 1. The maximum atomic E-state index is 12.4. The number of benzene rings is 1. The first kappa shape index (κ1) is 15.8. The van der Waals surface area contributed by atoms with Crippen LogP contribution in [0, 0.1) is 0 Å². The highest BCUT2D eigenvalue weighted by molar-refractivity contribution is 6.04. The first-order valence-corrected chi connectivity index (χ1v) is 8.37. The van der Waals surface area contributed by atoms with Crippen molar-refractivity contribution < 1.29 is 14.8 Å². The number of nitrogens with zero attached hydrogens (tertiary/aromatic N) is 1. The molecule has 2 aromatic rings. The molecule has 0 unspecified atom stereocenters. The average molecular weight is 337 g/mol. The molecule has 1 amide bonds. The van der Waals surface area contributed by atoms with E-state index in [1.807, 2.05) is 24.3 Å². The molecule has 0 saturated carbocycles. The Labute approximate surface area is 145 Å². The lowest BCUT2D eigenvalue weighted by atomic mass is 9.96. The maximum Gasteiger partial charge on any atom is 0.274 e. The van der Waals surface area contributed by atoms with Crippen LogP contribution in [0.5, 0.6) is 0 Å². The van der Waals surface area contributed by atoms with Gasteiger partial charge < -0.3 is 9.88 Å². The van der Waals surface area contributed by atoms with Crippen LogP contribution in [0.15, 0.2) is 30.3 Å². The Kier molecular flexibility index (Phi) is 3.99. The summed E-state index contributed by atoms with van der Waals surface area (Å²) in [5, 5.41) is 12.1. The third kappa shape index (κ3) is 2.69. The van der Waals surface area contributed by atoms with E-state index in [-0.39, 0.29) is 5.78 Å². The van der Waals surface area contributed by atoms with Crippen molar-refractivity contribution in [2.45, 2.75) is 25.9 Å². The maximum absolute atomic E-state index is 12.4. The van der Waals surface area contributed by atoms with Gasteiger partial charge in [-0.1, -0.05) is 18.2 Å². The second kappa shape index (κ2) is 6.31. The minimum atomic E-state index is -0.526. The third-order valence-corrected chi connectivity index (χ3v) is 4.88. The molecule has 2 aliphatic rings. The van der Waals surface area contributed by atoms with Crippen LogP contribution in [-0.4, -0.2) is 28.0 Å². The summed E-state index contributed by atoms with van der Waals surface area (Å²) in [6, 6.07) is 7.12. The molecule has 0 fully saturated rings. The molecule has 128 valence electrons. The first-order valence-electron chi connectivity index (χ1n) is 8.37. The molecule has 25 heavy (non-hydrogen) atoms. The molecule has 1 aromatic heterocycles. The van der Waals surface area contributed by atoms with Crippen LogP contribution in [0.2, 0.25) is 0 Å². The summed E-state index contributed by atoms with van der Waals surface area (Å²) in [5.41, 5.74) is 7.29. The van der Waals surface area contributed by atoms with Gasteiger partial charge in [0.15, 0.2) is 5.78 Å². The number of fused-ring (bicyclic) bond motifs is 3. The molecule has 1 aromatic carbocycles. The lowest BCUT2D eigenvalue weighted by Gasteiger charge is -2.17. The zero-order valence-electron chi connectivity index (χ0n) is 13.7. The van der Waals surface area contributed by atoms with Gasteiger partial charge in [-0.2, -0.15) is 0 Å². The highest BCUT2D eigenvalue weighted by atomic mass is 16.5. The van der Waals surface area contributed by atoms with Gasteiger partial charge in [0.2, 0.25) is 0 Å². The highest BCUT2D eigenvalue weighted by Gasteiger charge is 2.28. The summed E-state index contributed by atoms with van der Waals surface area (Å²) >= 11 is 0. The molecule has 0 spiro atoms. The van der Waals surface area contributed by atoms with Crippen LogP contribution in [0.25, 0.3) is 6.08 Å². The largest absolute Gasteiger partial charge is 0.340 e. The molecule has 3 N–H and O–H groups in total. The number of rotatable bonds is 3. The molecule has 1 aliphatic carbocycles. The van der Waals surface area contributed by atoms with Crippen LogP contribution in [0.1, 0.15) is 49.7 Å². The van der Waals surface area contributed by atoms with Crippen LogP contribution in [0.4, 0.5) is 0 Å². The molecule has 6 heteroatoms. The van der Waals surface area contributed by atoms with Gasteiger partial charge in [0.05, 0.1) is 5.69 Å². The predicted molar refractivity (Wildman–Crippen MR) is 92.6 cm³/mol. The summed E-state index contributed by atoms with van der Waals surface area (Å²) < 4.78 is 2.22. The van der Waals surface area contributed by atoms with E-state index in [9.17, 15) is 9.59 Å². The number of hydrogen-bond acceptors (Lipinski definition) is 4. The second-order valence-electron chi connectivity index (χ2n) is 6.37. The quantitative estimate of drug-likeness (QED) is 0.590. The Morgan fingerprint density at radius 3 is 2.84 bits per heavy atom. The van der Waals surface area contributed by atoms with E-state index in [0.717, 1.165) is 41.9 Å². The third-order valence-electron chi connectivity index (χ3n) is 4.88. The van der Waals surface area contributed by atoms with Crippen LogP contribution in [0.3, 0.4) is 0 Å². The molecular weight excluding hydrogens is 318 g/mol. The summed E-state index contributed by atoms with van der Waals surface area (Å²) in [6.45, 7) is 2.29. The number of nitrogens with one attached hydrogen (secondary N) is 2. The van der Waals surface area contributed by atoms with Crippen LogP contribution < -0.4 is 10.8 Å². The van der Waals surface area contributed by atoms with E-state index in [1.54, 1.807) is 17.6 Å². The van der Waals surface area contributed by atoms with Crippen molar-refractivity contribution in [2.75, 3.05) is 6.54 Å². The van der Waals surface area contributed by atoms with Crippen LogP contribution >= 0.6 is 0 Å². The zero-order chi connectivity index (χ0) is 17.4.